The number of amides is 1. The first-order valence-corrected chi connectivity index (χ1v) is 4.89. The summed E-state index contributed by atoms with van der Waals surface area (Å²) in [6.45, 7) is 5.29. The van der Waals surface area contributed by atoms with E-state index in [1.54, 1.807) is 20.8 Å². The molecule has 1 aromatic carbocycles. The van der Waals surface area contributed by atoms with E-state index in [2.05, 4.69) is 4.99 Å². The van der Waals surface area contributed by atoms with Gasteiger partial charge in [-0.1, -0.05) is 12.1 Å². The van der Waals surface area contributed by atoms with Crippen LogP contribution in [0.15, 0.2) is 29.3 Å². The van der Waals surface area contributed by atoms with E-state index in [-0.39, 0.29) is 5.82 Å². The third-order valence-corrected chi connectivity index (χ3v) is 1.58. The minimum absolute atomic E-state index is 0.325. The van der Waals surface area contributed by atoms with E-state index in [0.717, 1.165) is 0 Å². The molecule has 86 valence electrons. The zero-order chi connectivity index (χ0) is 12.2. The number of carbonyl (C=O) groups excluding carboxylic acids is 1. The minimum Gasteiger partial charge on any atom is -0.442 e. The van der Waals surface area contributed by atoms with Gasteiger partial charge >= 0.3 is 6.09 Å². The second-order valence-electron chi connectivity index (χ2n) is 4.29. The molecule has 0 atom stereocenters. The van der Waals surface area contributed by atoms with Crippen LogP contribution in [0.1, 0.15) is 26.3 Å². The van der Waals surface area contributed by atoms with Gasteiger partial charge in [-0.15, -0.1) is 0 Å². The van der Waals surface area contributed by atoms with Crippen LogP contribution in [0.25, 0.3) is 0 Å². The number of halogens is 1. The van der Waals surface area contributed by atoms with Gasteiger partial charge in [0.25, 0.3) is 0 Å². The smallest absolute Gasteiger partial charge is 0.434 e. The number of carbonyl (C=O) groups is 1. The van der Waals surface area contributed by atoms with Crippen LogP contribution in [0, 0.1) is 5.82 Å². The van der Waals surface area contributed by atoms with Gasteiger partial charge in [0, 0.05) is 6.21 Å². The molecule has 0 bridgehead atoms. The van der Waals surface area contributed by atoms with E-state index in [1.165, 1.54) is 30.5 Å². The molecule has 1 aromatic rings. The van der Waals surface area contributed by atoms with Gasteiger partial charge in [0.15, 0.2) is 0 Å². The summed E-state index contributed by atoms with van der Waals surface area (Å²) in [5.41, 5.74) is 0.0873. The molecule has 3 nitrogen and oxygen atoms in total. The second kappa shape index (κ2) is 4.88. The molecule has 1 amide bonds. The molecule has 0 saturated carbocycles. The SMILES string of the molecule is CC(C)(C)OC(=O)N=Cc1ccc(F)cc1. The van der Waals surface area contributed by atoms with E-state index in [9.17, 15) is 9.18 Å². The highest BCUT2D eigenvalue weighted by Gasteiger charge is 2.14. The van der Waals surface area contributed by atoms with Gasteiger partial charge < -0.3 is 4.74 Å². The normalized spacial score (nSPS) is 11.8. The average Bonchev–Trinajstić information content (AvgIpc) is 2.14. The van der Waals surface area contributed by atoms with Gasteiger partial charge in [0.2, 0.25) is 0 Å². The zero-order valence-electron chi connectivity index (χ0n) is 9.53. The minimum atomic E-state index is -0.656. The van der Waals surface area contributed by atoms with Crippen molar-refractivity contribution in [2.45, 2.75) is 26.4 Å². The summed E-state index contributed by atoms with van der Waals surface area (Å²) in [4.78, 5) is 14.8. The lowest BCUT2D eigenvalue weighted by Crippen LogP contribution is -2.21. The average molecular weight is 223 g/mol. The largest absolute Gasteiger partial charge is 0.442 e. The van der Waals surface area contributed by atoms with E-state index in [1.807, 2.05) is 0 Å². The maximum atomic E-state index is 12.6. The summed E-state index contributed by atoms with van der Waals surface area (Å²) in [6.07, 6.45) is 0.685. The topological polar surface area (TPSA) is 38.7 Å². The third kappa shape index (κ3) is 4.68. The first-order chi connectivity index (χ1) is 7.37. The Morgan fingerprint density at radius 1 is 1.31 bits per heavy atom. The summed E-state index contributed by atoms with van der Waals surface area (Å²) in [5, 5.41) is 0. The lowest BCUT2D eigenvalue weighted by Gasteiger charge is -2.16. The molecular weight excluding hydrogens is 209 g/mol. The highest BCUT2D eigenvalue weighted by atomic mass is 19.1. The standard InChI is InChI=1S/C12H14FNO2/c1-12(2,3)16-11(15)14-8-9-4-6-10(13)7-5-9/h4-8H,1-3H3. The molecule has 0 radical (unpaired) electrons. The fourth-order valence-corrected chi connectivity index (χ4v) is 0.964. The van der Waals surface area contributed by atoms with Crippen molar-refractivity contribution < 1.29 is 13.9 Å². The van der Waals surface area contributed by atoms with Crippen LogP contribution < -0.4 is 0 Å². The van der Waals surface area contributed by atoms with Gasteiger partial charge in [0.05, 0.1) is 0 Å². The quantitative estimate of drug-likeness (QED) is 0.686. The molecule has 0 aliphatic heterocycles. The highest BCUT2D eigenvalue weighted by molar-refractivity contribution is 5.88. The highest BCUT2D eigenvalue weighted by Crippen LogP contribution is 2.08. The van der Waals surface area contributed by atoms with Crippen molar-refractivity contribution in [3.05, 3.63) is 35.6 Å². The van der Waals surface area contributed by atoms with E-state index in [4.69, 9.17) is 4.74 Å². The van der Waals surface area contributed by atoms with Gasteiger partial charge in [-0.25, -0.2) is 9.18 Å². The lowest BCUT2D eigenvalue weighted by atomic mass is 10.2. The number of nitrogens with zero attached hydrogens (tertiary/aromatic N) is 1. The number of aliphatic imine (C=N–C) groups is 1. The Morgan fingerprint density at radius 2 is 1.88 bits per heavy atom. The molecule has 1 rings (SSSR count). The fraction of sp³-hybridized carbons (Fsp3) is 0.333. The predicted octanol–water partition coefficient (Wildman–Crippen LogP) is 3.18. The monoisotopic (exact) mass is 223 g/mol. The Labute approximate surface area is 94.0 Å². The molecule has 0 fully saturated rings. The summed E-state index contributed by atoms with van der Waals surface area (Å²) in [6, 6.07) is 5.67. The molecule has 0 aliphatic carbocycles. The number of hydrogen-bond acceptors (Lipinski definition) is 2. The van der Waals surface area contributed by atoms with Crippen molar-refractivity contribution in [1.82, 2.24) is 0 Å². The molecule has 0 N–H and O–H groups in total. The second-order valence-corrected chi connectivity index (χ2v) is 4.29. The summed E-state index contributed by atoms with van der Waals surface area (Å²) in [7, 11) is 0. The molecule has 0 unspecified atom stereocenters. The van der Waals surface area contributed by atoms with Crippen molar-refractivity contribution in [3.8, 4) is 0 Å². The van der Waals surface area contributed by atoms with Crippen LogP contribution in [0.5, 0.6) is 0 Å². The van der Waals surface area contributed by atoms with Crippen molar-refractivity contribution in [2.24, 2.45) is 4.99 Å². The summed E-state index contributed by atoms with van der Waals surface area (Å²) in [5.74, 6) is -0.325. The molecule has 0 spiro atoms. The number of rotatable bonds is 1. The zero-order valence-corrected chi connectivity index (χ0v) is 9.53. The molecule has 4 heteroatoms. The van der Waals surface area contributed by atoms with Crippen molar-refractivity contribution in [2.75, 3.05) is 0 Å². The first-order valence-electron chi connectivity index (χ1n) is 4.89. The van der Waals surface area contributed by atoms with Gasteiger partial charge in [-0.3, -0.25) is 0 Å². The van der Waals surface area contributed by atoms with Gasteiger partial charge in [-0.05, 0) is 38.5 Å². The first kappa shape index (κ1) is 12.4. The third-order valence-electron chi connectivity index (χ3n) is 1.58. The van der Waals surface area contributed by atoms with Crippen molar-refractivity contribution in [3.63, 3.8) is 0 Å². The predicted molar refractivity (Wildman–Crippen MR) is 60.2 cm³/mol. The van der Waals surface area contributed by atoms with Crippen molar-refractivity contribution >= 4 is 12.3 Å². The van der Waals surface area contributed by atoms with Crippen LogP contribution in [-0.2, 0) is 4.74 Å². The van der Waals surface area contributed by atoms with Crippen LogP contribution >= 0.6 is 0 Å². The Hall–Kier alpha value is -1.71. The van der Waals surface area contributed by atoms with Gasteiger partial charge in [0.1, 0.15) is 11.4 Å². The molecule has 0 aliphatic rings. The Morgan fingerprint density at radius 3 is 2.38 bits per heavy atom. The number of ether oxygens (including phenoxy) is 1. The van der Waals surface area contributed by atoms with E-state index < -0.39 is 11.7 Å². The van der Waals surface area contributed by atoms with E-state index in [0.29, 0.717) is 5.56 Å². The number of hydrogen-bond donors (Lipinski definition) is 0. The van der Waals surface area contributed by atoms with Crippen molar-refractivity contribution in [1.29, 1.82) is 0 Å². The Bertz CT molecular complexity index is 390. The molecule has 16 heavy (non-hydrogen) atoms. The maximum Gasteiger partial charge on any atom is 0.434 e. The van der Waals surface area contributed by atoms with Crippen LogP contribution in [0.4, 0.5) is 9.18 Å². The summed E-state index contributed by atoms with van der Waals surface area (Å²) >= 11 is 0. The molecule has 0 aromatic heterocycles. The lowest BCUT2D eigenvalue weighted by molar-refractivity contribution is 0.0605. The maximum absolute atomic E-state index is 12.6. The Kier molecular flexibility index (Phi) is 3.77. The van der Waals surface area contributed by atoms with Gasteiger partial charge in [-0.2, -0.15) is 4.99 Å². The van der Waals surface area contributed by atoms with E-state index >= 15 is 0 Å². The fourth-order valence-electron chi connectivity index (χ4n) is 0.964. The van der Waals surface area contributed by atoms with Crippen LogP contribution in [-0.4, -0.2) is 17.9 Å². The summed E-state index contributed by atoms with van der Waals surface area (Å²) < 4.78 is 17.5. The molecular formula is C12H14FNO2. The Balaban J connectivity index is 2.60. The molecule has 0 saturated heterocycles. The molecule has 0 heterocycles. The van der Waals surface area contributed by atoms with Crippen LogP contribution in [0.2, 0.25) is 0 Å². The van der Waals surface area contributed by atoms with Crippen LogP contribution in [0.3, 0.4) is 0 Å². The number of benzene rings is 1.